The lowest BCUT2D eigenvalue weighted by Crippen LogP contribution is -2.30. The summed E-state index contributed by atoms with van der Waals surface area (Å²) in [6, 6.07) is 6.99. The van der Waals surface area contributed by atoms with E-state index in [-0.39, 0.29) is 11.8 Å². The molecule has 1 aromatic heterocycles. The lowest BCUT2D eigenvalue weighted by Gasteiger charge is -2.23. The molecule has 2 aromatic rings. The molecule has 25 heavy (non-hydrogen) atoms. The average Bonchev–Trinajstić information content (AvgIpc) is 3.10. The third-order valence-corrected chi connectivity index (χ3v) is 4.48. The van der Waals surface area contributed by atoms with Crippen molar-refractivity contribution in [1.82, 2.24) is 9.55 Å². The van der Waals surface area contributed by atoms with Gasteiger partial charge in [0.15, 0.2) is 0 Å². The maximum absolute atomic E-state index is 12.6. The number of para-hydroxylation sites is 1. The Morgan fingerprint density at radius 2 is 2.20 bits per heavy atom. The summed E-state index contributed by atoms with van der Waals surface area (Å²) >= 11 is 0. The molecule has 132 valence electrons. The van der Waals surface area contributed by atoms with E-state index in [1.165, 1.54) is 0 Å². The molecule has 0 fully saturated rings. The third-order valence-electron chi connectivity index (χ3n) is 4.48. The number of imidazole rings is 1. The first-order chi connectivity index (χ1) is 12.2. The molecule has 1 aromatic carbocycles. The van der Waals surface area contributed by atoms with Crippen LogP contribution in [0.3, 0.4) is 0 Å². The van der Waals surface area contributed by atoms with Gasteiger partial charge in [0.1, 0.15) is 0 Å². The smallest absolute Gasteiger partial charge is 0.340 e. The predicted octanol–water partition coefficient (Wildman–Crippen LogP) is 3.04. The topological polar surface area (TPSA) is 73.2 Å². The largest absolute Gasteiger partial charge is 0.462 e. The zero-order valence-electron chi connectivity index (χ0n) is 14.4. The highest BCUT2D eigenvalue weighted by Gasteiger charge is 2.26. The fourth-order valence-electron chi connectivity index (χ4n) is 2.98. The van der Waals surface area contributed by atoms with E-state index in [2.05, 4.69) is 14.9 Å². The fourth-order valence-corrected chi connectivity index (χ4v) is 2.98. The maximum Gasteiger partial charge on any atom is 0.340 e. The van der Waals surface area contributed by atoms with Gasteiger partial charge in [0.05, 0.1) is 24.2 Å². The number of ether oxygens (including phenoxy) is 1. The average molecular weight is 341 g/mol. The fraction of sp³-hybridized carbons (Fsp3) is 0.421. The number of carbonyl (C=O) groups is 2. The summed E-state index contributed by atoms with van der Waals surface area (Å²) in [4.78, 5) is 29.0. The lowest BCUT2D eigenvalue weighted by atomic mass is 9.95. The quantitative estimate of drug-likeness (QED) is 0.647. The number of amides is 1. The van der Waals surface area contributed by atoms with Crippen molar-refractivity contribution in [2.24, 2.45) is 5.92 Å². The van der Waals surface area contributed by atoms with Crippen LogP contribution in [-0.4, -0.2) is 28.0 Å². The van der Waals surface area contributed by atoms with Gasteiger partial charge in [-0.3, -0.25) is 4.79 Å². The number of hydrogen-bond acceptors (Lipinski definition) is 4. The Balaban J connectivity index is 1.66. The Morgan fingerprint density at radius 3 is 3.04 bits per heavy atom. The molecule has 3 rings (SSSR count). The van der Waals surface area contributed by atoms with E-state index in [0.29, 0.717) is 24.3 Å². The normalized spacial score (nSPS) is 16.1. The number of nitrogens with zero attached hydrogens (tertiary/aromatic N) is 2. The number of esters is 1. The number of rotatable bonds is 6. The van der Waals surface area contributed by atoms with Gasteiger partial charge in [-0.05, 0) is 25.0 Å². The zero-order valence-corrected chi connectivity index (χ0v) is 14.4. The third kappa shape index (κ3) is 4.07. The molecule has 2 heterocycles. The summed E-state index contributed by atoms with van der Waals surface area (Å²) in [7, 11) is 0. The molecular weight excluding hydrogens is 318 g/mol. The second-order valence-corrected chi connectivity index (χ2v) is 6.29. The van der Waals surface area contributed by atoms with E-state index < -0.39 is 5.97 Å². The van der Waals surface area contributed by atoms with Crippen molar-refractivity contribution in [1.29, 1.82) is 0 Å². The van der Waals surface area contributed by atoms with E-state index >= 15 is 0 Å². The lowest BCUT2D eigenvalue weighted by molar-refractivity contribution is -0.120. The van der Waals surface area contributed by atoms with Crippen molar-refractivity contribution in [3.63, 3.8) is 0 Å². The first-order valence-corrected chi connectivity index (χ1v) is 8.75. The van der Waals surface area contributed by atoms with Gasteiger partial charge in [0, 0.05) is 30.8 Å². The number of aryl methyl sites for hydroxylation is 1. The number of carbonyl (C=O) groups excluding carboxylic acids is 2. The second-order valence-electron chi connectivity index (χ2n) is 6.29. The monoisotopic (exact) mass is 341 g/mol. The summed E-state index contributed by atoms with van der Waals surface area (Å²) in [5, 5.41) is 2.91. The molecule has 0 radical (unpaired) electrons. The molecule has 1 aliphatic rings. The Hall–Kier alpha value is -2.63. The van der Waals surface area contributed by atoms with E-state index in [0.717, 1.165) is 31.5 Å². The van der Waals surface area contributed by atoms with Crippen LogP contribution in [0.2, 0.25) is 0 Å². The van der Waals surface area contributed by atoms with Crippen LogP contribution in [0.1, 0.15) is 42.2 Å². The molecule has 1 N–H and O–H groups in total. The summed E-state index contributed by atoms with van der Waals surface area (Å²) in [6.07, 6.45) is 6.82. The van der Waals surface area contributed by atoms with Crippen molar-refractivity contribution >= 4 is 17.6 Å². The zero-order chi connectivity index (χ0) is 17.6. The first-order valence-electron chi connectivity index (χ1n) is 8.75. The molecule has 6 heteroatoms. The molecule has 1 aliphatic heterocycles. The molecule has 1 atom stereocenters. The highest BCUT2D eigenvalue weighted by molar-refractivity contribution is 6.01. The first kappa shape index (κ1) is 17.2. The summed E-state index contributed by atoms with van der Waals surface area (Å²) in [6.45, 7) is 3.22. The maximum atomic E-state index is 12.6. The van der Waals surface area contributed by atoms with Gasteiger partial charge in [-0.15, -0.1) is 0 Å². The van der Waals surface area contributed by atoms with Crippen molar-refractivity contribution in [2.45, 2.75) is 39.2 Å². The van der Waals surface area contributed by atoms with Crippen LogP contribution < -0.4 is 5.32 Å². The van der Waals surface area contributed by atoms with E-state index in [4.69, 9.17) is 4.74 Å². The SMILES string of the molecule is CCCCOC(=O)c1ccccc1NC(=O)C1CCn2cncc2C1. The van der Waals surface area contributed by atoms with Crippen LogP contribution in [0.5, 0.6) is 0 Å². The van der Waals surface area contributed by atoms with Gasteiger partial charge in [-0.2, -0.15) is 0 Å². The second kappa shape index (κ2) is 7.96. The van der Waals surface area contributed by atoms with E-state index in [9.17, 15) is 9.59 Å². The number of nitrogens with one attached hydrogen (secondary N) is 1. The van der Waals surface area contributed by atoms with E-state index in [1.807, 2.05) is 6.92 Å². The number of fused-ring (bicyclic) bond motifs is 1. The van der Waals surface area contributed by atoms with Gasteiger partial charge >= 0.3 is 5.97 Å². The van der Waals surface area contributed by atoms with Gasteiger partial charge in [-0.1, -0.05) is 25.5 Å². The van der Waals surface area contributed by atoms with Gasteiger partial charge in [0.2, 0.25) is 5.91 Å². The Bertz CT molecular complexity index is 754. The van der Waals surface area contributed by atoms with Gasteiger partial charge in [-0.25, -0.2) is 9.78 Å². The molecule has 0 bridgehead atoms. The molecular formula is C19H23N3O3. The standard InChI is InChI=1S/C19H23N3O3/c1-2-3-10-25-19(24)16-6-4-5-7-17(16)21-18(23)14-8-9-22-13-20-12-15(22)11-14/h4-7,12-14H,2-3,8-11H2,1H3,(H,21,23). The van der Waals surface area contributed by atoms with Crippen LogP contribution in [0, 0.1) is 5.92 Å². The summed E-state index contributed by atoms with van der Waals surface area (Å²) in [5.74, 6) is -0.583. The molecule has 0 saturated carbocycles. The molecule has 6 nitrogen and oxygen atoms in total. The Kier molecular flexibility index (Phi) is 5.48. The predicted molar refractivity (Wildman–Crippen MR) is 94.3 cm³/mol. The molecule has 0 saturated heterocycles. The minimum atomic E-state index is -0.397. The highest BCUT2D eigenvalue weighted by Crippen LogP contribution is 2.23. The number of hydrogen-bond donors (Lipinski definition) is 1. The van der Waals surface area contributed by atoms with Gasteiger partial charge in [0.25, 0.3) is 0 Å². The number of aromatic nitrogens is 2. The van der Waals surface area contributed by atoms with Crippen LogP contribution >= 0.6 is 0 Å². The summed E-state index contributed by atoms with van der Waals surface area (Å²) in [5.41, 5.74) is 1.97. The molecule has 0 aliphatic carbocycles. The minimum Gasteiger partial charge on any atom is -0.462 e. The Morgan fingerprint density at radius 1 is 1.36 bits per heavy atom. The van der Waals surface area contributed by atoms with Crippen molar-refractivity contribution < 1.29 is 14.3 Å². The van der Waals surface area contributed by atoms with Crippen molar-refractivity contribution in [3.05, 3.63) is 48.0 Å². The van der Waals surface area contributed by atoms with E-state index in [1.54, 1.807) is 36.8 Å². The Labute approximate surface area is 147 Å². The van der Waals surface area contributed by atoms with Crippen LogP contribution in [0.25, 0.3) is 0 Å². The van der Waals surface area contributed by atoms with Crippen LogP contribution in [-0.2, 0) is 22.5 Å². The number of anilines is 1. The van der Waals surface area contributed by atoms with Crippen molar-refractivity contribution in [2.75, 3.05) is 11.9 Å². The summed E-state index contributed by atoms with van der Waals surface area (Å²) < 4.78 is 7.34. The molecule has 0 spiro atoms. The van der Waals surface area contributed by atoms with Crippen molar-refractivity contribution in [3.8, 4) is 0 Å². The highest BCUT2D eigenvalue weighted by atomic mass is 16.5. The van der Waals surface area contributed by atoms with Gasteiger partial charge < -0.3 is 14.6 Å². The number of unbranched alkanes of at least 4 members (excludes halogenated alkanes) is 1. The van der Waals surface area contributed by atoms with Crippen LogP contribution in [0.4, 0.5) is 5.69 Å². The number of benzene rings is 1. The molecule has 1 unspecified atom stereocenters. The molecule has 1 amide bonds. The minimum absolute atomic E-state index is 0.0683. The van der Waals surface area contributed by atoms with Crippen LogP contribution in [0.15, 0.2) is 36.8 Å².